The van der Waals surface area contributed by atoms with Crippen molar-refractivity contribution in [1.82, 2.24) is 10.2 Å². The van der Waals surface area contributed by atoms with E-state index >= 15 is 0 Å². The van der Waals surface area contributed by atoms with Gasteiger partial charge in [0.2, 0.25) is 11.8 Å². The van der Waals surface area contributed by atoms with Gasteiger partial charge in [0.25, 0.3) is 0 Å². The number of amides is 2. The monoisotopic (exact) mass is 456 g/mol. The third kappa shape index (κ3) is 6.83. The maximum atomic E-state index is 13.2. The SMILES string of the molecule is C.CC(C)[C@@H](NC(=O)C[C@@H](C)c1ccccc1)C(=O)N1CCC(c2ccc(Cl)cc2)CC1. The molecule has 5 heteroatoms. The van der Waals surface area contributed by atoms with E-state index in [1.165, 1.54) is 5.56 Å². The zero-order valence-electron chi connectivity index (χ0n) is 18.7. The van der Waals surface area contributed by atoms with Gasteiger partial charge in [0, 0.05) is 24.5 Å². The van der Waals surface area contributed by atoms with Gasteiger partial charge in [-0.05, 0) is 53.9 Å². The zero-order chi connectivity index (χ0) is 22.4. The highest BCUT2D eigenvalue weighted by atomic mass is 35.5. The number of halogens is 1. The summed E-state index contributed by atoms with van der Waals surface area (Å²) < 4.78 is 0. The highest BCUT2D eigenvalue weighted by molar-refractivity contribution is 6.30. The van der Waals surface area contributed by atoms with Crippen molar-refractivity contribution in [2.24, 2.45) is 5.92 Å². The lowest BCUT2D eigenvalue weighted by molar-refractivity contribution is -0.138. The smallest absolute Gasteiger partial charge is 0.245 e. The Kier molecular flexibility index (Phi) is 9.77. The molecule has 2 atom stereocenters. The van der Waals surface area contributed by atoms with Gasteiger partial charge >= 0.3 is 0 Å². The number of nitrogens with zero attached hydrogens (tertiary/aromatic N) is 1. The lowest BCUT2D eigenvalue weighted by Crippen LogP contribution is -2.53. The van der Waals surface area contributed by atoms with E-state index in [0.29, 0.717) is 25.4 Å². The highest BCUT2D eigenvalue weighted by Gasteiger charge is 2.31. The Morgan fingerprint density at radius 2 is 1.59 bits per heavy atom. The molecule has 2 aromatic rings. The Morgan fingerprint density at radius 1 is 1.00 bits per heavy atom. The molecule has 2 aromatic carbocycles. The number of benzene rings is 2. The van der Waals surface area contributed by atoms with Crippen LogP contribution in [0.15, 0.2) is 54.6 Å². The van der Waals surface area contributed by atoms with Gasteiger partial charge in [0.1, 0.15) is 6.04 Å². The fourth-order valence-corrected chi connectivity index (χ4v) is 4.41. The Balaban J connectivity index is 0.00000363. The summed E-state index contributed by atoms with van der Waals surface area (Å²) in [5, 5.41) is 3.76. The van der Waals surface area contributed by atoms with Crippen molar-refractivity contribution in [2.45, 2.75) is 65.3 Å². The van der Waals surface area contributed by atoms with Crippen molar-refractivity contribution in [3.05, 3.63) is 70.7 Å². The van der Waals surface area contributed by atoms with E-state index < -0.39 is 6.04 Å². The maximum absolute atomic E-state index is 13.2. The van der Waals surface area contributed by atoms with Gasteiger partial charge in [0.15, 0.2) is 0 Å². The third-order valence-electron chi connectivity index (χ3n) is 6.26. The summed E-state index contributed by atoms with van der Waals surface area (Å²) >= 11 is 6.00. The second-order valence-electron chi connectivity index (χ2n) is 8.96. The summed E-state index contributed by atoms with van der Waals surface area (Å²) in [5.74, 6) is 0.557. The number of rotatable bonds is 7. The summed E-state index contributed by atoms with van der Waals surface area (Å²) in [6.45, 7) is 7.45. The van der Waals surface area contributed by atoms with Crippen LogP contribution in [0.5, 0.6) is 0 Å². The van der Waals surface area contributed by atoms with Gasteiger partial charge in [-0.15, -0.1) is 0 Å². The number of carbonyl (C=O) groups is 2. The molecule has 0 aliphatic carbocycles. The van der Waals surface area contributed by atoms with Gasteiger partial charge in [-0.1, -0.05) is 82.3 Å². The summed E-state index contributed by atoms with van der Waals surface area (Å²) in [4.78, 5) is 27.8. The van der Waals surface area contributed by atoms with E-state index in [-0.39, 0.29) is 31.1 Å². The molecule has 0 bridgehead atoms. The lowest BCUT2D eigenvalue weighted by Gasteiger charge is -2.35. The number of hydrogen-bond donors (Lipinski definition) is 1. The average molecular weight is 457 g/mol. The molecule has 3 rings (SSSR count). The van der Waals surface area contributed by atoms with Crippen molar-refractivity contribution < 1.29 is 9.59 Å². The topological polar surface area (TPSA) is 49.4 Å². The van der Waals surface area contributed by atoms with Crippen molar-refractivity contribution in [3.8, 4) is 0 Å². The number of nitrogens with one attached hydrogen (secondary N) is 1. The van der Waals surface area contributed by atoms with Crippen LogP contribution in [0, 0.1) is 5.92 Å². The standard InChI is InChI=1S/C26H33ClN2O2.CH4/c1-18(2)25(28-24(30)17-19(3)20-7-5-4-6-8-20)26(31)29-15-13-22(14-16-29)21-9-11-23(27)12-10-21;/h4-12,18-19,22,25H,13-17H2,1-3H3,(H,28,30);1H4/t19-,25-;/m1./s1. The molecule has 174 valence electrons. The number of piperidine rings is 1. The molecule has 32 heavy (non-hydrogen) atoms. The molecule has 0 spiro atoms. The molecule has 1 saturated heterocycles. The molecule has 2 amide bonds. The molecular formula is C27H37ClN2O2. The Morgan fingerprint density at radius 3 is 2.16 bits per heavy atom. The van der Waals surface area contributed by atoms with Crippen molar-refractivity contribution in [1.29, 1.82) is 0 Å². The predicted molar refractivity (Wildman–Crippen MR) is 133 cm³/mol. The number of carbonyl (C=O) groups excluding carboxylic acids is 2. The summed E-state index contributed by atoms with van der Waals surface area (Å²) in [6.07, 6.45) is 2.23. The van der Waals surface area contributed by atoms with E-state index in [1.807, 2.05) is 68.1 Å². The van der Waals surface area contributed by atoms with Crippen LogP contribution in [0.3, 0.4) is 0 Å². The van der Waals surface area contributed by atoms with Crippen molar-refractivity contribution in [2.75, 3.05) is 13.1 Å². The average Bonchev–Trinajstić information content (AvgIpc) is 2.78. The van der Waals surface area contributed by atoms with Gasteiger partial charge in [-0.2, -0.15) is 0 Å². The van der Waals surface area contributed by atoms with E-state index in [9.17, 15) is 9.59 Å². The first-order valence-corrected chi connectivity index (χ1v) is 11.6. The first-order chi connectivity index (χ1) is 14.8. The normalized spacial score (nSPS) is 16.2. The van der Waals surface area contributed by atoms with Crippen LogP contribution >= 0.6 is 11.6 Å². The molecule has 1 N–H and O–H groups in total. The molecule has 1 heterocycles. The minimum Gasteiger partial charge on any atom is -0.344 e. The molecule has 1 aliphatic rings. The highest BCUT2D eigenvalue weighted by Crippen LogP contribution is 2.29. The van der Waals surface area contributed by atoms with Crippen LogP contribution in [0.25, 0.3) is 0 Å². The quantitative estimate of drug-likeness (QED) is 0.554. The Labute approximate surface area is 198 Å². The maximum Gasteiger partial charge on any atom is 0.245 e. The van der Waals surface area contributed by atoms with Gasteiger partial charge in [-0.25, -0.2) is 0 Å². The molecule has 0 saturated carbocycles. The fraction of sp³-hybridized carbons (Fsp3) is 0.481. The molecule has 4 nitrogen and oxygen atoms in total. The van der Waals surface area contributed by atoms with Gasteiger partial charge in [0.05, 0.1) is 0 Å². The Bertz CT molecular complexity index is 859. The minimum absolute atomic E-state index is 0. The number of likely N-dealkylation sites (tertiary alicyclic amines) is 1. The van der Waals surface area contributed by atoms with E-state index in [0.717, 1.165) is 23.4 Å². The second-order valence-corrected chi connectivity index (χ2v) is 9.39. The molecule has 1 aliphatic heterocycles. The summed E-state index contributed by atoms with van der Waals surface area (Å²) in [5.41, 5.74) is 2.41. The third-order valence-corrected chi connectivity index (χ3v) is 6.51. The largest absolute Gasteiger partial charge is 0.344 e. The van der Waals surface area contributed by atoms with E-state index in [1.54, 1.807) is 0 Å². The first kappa shape index (κ1) is 25.9. The fourth-order valence-electron chi connectivity index (χ4n) is 4.29. The van der Waals surface area contributed by atoms with Crippen LogP contribution in [-0.2, 0) is 9.59 Å². The van der Waals surface area contributed by atoms with Gasteiger partial charge < -0.3 is 10.2 Å². The molecule has 0 aromatic heterocycles. The van der Waals surface area contributed by atoms with Gasteiger partial charge in [-0.3, -0.25) is 9.59 Å². The zero-order valence-corrected chi connectivity index (χ0v) is 19.4. The molecule has 0 radical (unpaired) electrons. The van der Waals surface area contributed by atoms with Crippen LogP contribution < -0.4 is 5.32 Å². The Hall–Kier alpha value is -2.33. The summed E-state index contributed by atoms with van der Waals surface area (Å²) in [6, 6.07) is 17.5. The van der Waals surface area contributed by atoms with Crippen LogP contribution in [0.2, 0.25) is 5.02 Å². The molecule has 0 unspecified atom stereocenters. The minimum atomic E-state index is -0.484. The van der Waals surface area contributed by atoms with Crippen LogP contribution in [-0.4, -0.2) is 35.8 Å². The molecular weight excluding hydrogens is 420 g/mol. The van der Waals surface area contributed by atoms with E-state index in [2.05, 4.69) is 17.4 Å². The predicted octanol–water partition coefficient (Wildman–Crippen LogP) is 6.02. The van der Waals surface area contributed by atoms with Crippen molar-refractivity contribution in [3.63, 3.8) is 0 Å². The lowest BCUT2D eigenvalue weighted by atomic mass is 9.89. The second kappa shape index (κ2) is 12.1. The number of hydrogen-bond acceptors (Lipinski definition) is 2. The summed E-state index contributed by atoms with van der Waals surface area (Å²) in [7, 11) is 0. The van der Waals surface area contributed by atoms with Crippen LogP contribution in [0.4, 0.5) is 0 Å². The van der Waals surface area contributed by atoms with E-state index in [4.69, 9.17) is 11.6 Å². The van der Waals surface area contributed by atoms with Crippen LogP contribution in [0.1, 0.15) is 70.4 Å². The molecule has 1 fully saturated rings. The van der Waals surface area contributed by atoms with Crippen molar-refractivity contribution >= 4 is 23.4 Å². The first-order valence-electron chi connectivity index (χ1n) is 11.2.